The lowest BCUT2D eigenvalue weighted by Crippen LogP contribution is -2.41. The number of hydrogen-bond acceptors (Lipinski definition) is 4. The van der Waals surface area contributed by atoms with Crippen molar-refractivity contribution >= 4 is 21.8 Å². The van der Waals surface area contributed by atoms with Gasteiger partial charge in [-0.1, -0.05) is 18.2 Å². The fourth-order valence-corrected chi connectivity index (χ4v) is 5.16. The minimum Gasteiger partial charge on any atom is -0.486 e. The van der Waals surface area contributed by atoms with Crippen molar-refractivity contribution in [3.05, 3.63) is 66.0 Å². The molecule has 2 aliphatic rings. The first-order valence-corrected chi connectivity index (χ1v) is 11.2. The first kappa shape index (κ1) is 18.7. The SMILES string of the molecule is Cc1ccc2c3c(ccc2n1)OC[C@H](CNC1CCC(c2c[nH]c4ccccc24)C1)O3. The Morgan fingerprint density at radius 3 is 2.97 bits per heavy atom. The van der Waals surface area contributed by atoms with Gasteiger partial charge in [-0.2, -0.15) is 0 Å². The van der Waals surface area contributed by atoms with Gasteiger partial charge in [0.2, 0.25) is 0 Å². The molecule has 31 heavy (non-hydrogen) atoms. The number of ether oxygens (including phenoxy) is 2. The summed E-state index contributed by atoms with van der Waals surface area (Å²) in [6.07, 6.45) is 5.79. The van der Waals surface area contributed by atoms with Gasteiger partial charge in [-0.15, -0.1) is 0 Å². The molecular formula is C26H27N3O2. The number of pyridine rings is 1. The predicted molar refractivity (Wildman–Crippen MR) is 123 cm³/mol. The van der Waals surface area contributed by atoms with E-state index in [-0.39, 0.29) is 6.10 Å². The second-order valence-corrected chi connectivity index (χ2v) is 8.87. The Morgan fingerprint density at radius 1 is 1.06 bits per heavy atom. The first-order chi connectivity index (χ1) is 15.2. The quantitative estimate of drug-likeness (QED) is 0.489. The standard InChI is InChI=1S/C26H27N3O2/c1-16-6-9-21-24(29-16)10-11-25-26(21)31-19(15-30-25)13-27-18-8-7-17(12-18)22-14-28-23-5-3-2-4-20(22)23/h2-6,9-11,14,17-19,27-28H,7-8,12-13,15H2,1H3/t17?,18?,19-/m0/s1. The highest BCUT2D eigenvalue weighted by Gasteiger charge is 2.29. The zero-order valence-corrected chi connectivity index (χ0v) is 17.7. The minimum atomic E-state index is 0.00606. The predicted octanol–water partition coefficient (Wildman–Crippen LogP) is 5.09. The van der Waals surface area contributed by atoms with Gasteiger partial charge >= 0.3 is 0 Å². The molecule has 3 heterocycles. The van der Waals surface area contributed by atoms with Gasteiger partial charge in [0.05, 0.1) is 5.52 Å². The molecule has 2 unspecified atom stereocenters. The van der Waals surface area contributed by atoms with Crippen LogP contribution < -0.4 is 14.8 Å². The molecule has 158 valence electrons. The molecule has 5 heteroatoms. The van der Waals surface area contributed by atoms with Crippen molar-refractivity contribution < 1.29 is 9.47 Å². The molecule has 5 nitrogen and oxygen atoms in total. The van der Waals surface area contributed by atoms with E-state index >= 15 is 0 Å². The van der Waals surface area contributed by atoms with Crippen molar-refractivity contribution in [2.45, 2.75) is 44.2 Å². The molecular weight excluding hydrogens is 386 g/mol. The summed E-state index contributed by atoms with van der Waals surface area (Å²) < 4.78 is 12.4. The number of para-hydroxylation sites is 1. The van der Waals surface area contributed by atoms with Gasteiger partial charge in [0, 0.05) is 40.8 Å². The Morgan fingerprint density at radius 2 is 2.00 bits per heavy atom. The van der Waals surface area contributed by atoms with Crippen LogP contribution in [0.4, 0.5) is 0 Å². The second-order valence-electron chi connectivity index (χ2n) is 8.87. The van der Waals surface area contributed by atoms with Crippen LogP contribution in [0.1, 0.15) is 36.4 Å². The molecule has 3 atom stereocenters. The minimum absolute atomic E-state index is 0.00606. The van der Waals surface area contributed by atoms with Crippen LogP contribution in [0.2, 0.25) is 0 Å². The van der Waals surface area contributed by atoms with Gasteiger partial charge in [-0.25, -0.2) is 0 Å². The number of nitrogens with zero attached hydrogens (tertiary/aromatic N) is 1. The Kier molecular flexibility index (Phi) is 4.57. The lowest BCUT2D eigenvalue weighted by molar-refractivity contribution is 0.0902. The third kappa shape index (κ3) is 3.43. The van der Waals surface area contributed by atoms with Crippen molar-refractivity contribution in [3.63, 3.8) is 0 Å². The van der Waals surface area contributed by atoms with Crippen LogP contribution in [-0.4, -0.2) is 35.3 Å². The van der Waals surface area contributed by atoms with Crippen LogP contribution in [0.15, 0.2) is 54.7 Å². The van der Waals surface area contributed by atoms with Gasteiger partial charge in [-0.3, -0.25) is 4.98 Å². The van der Waals surface area contributed by atoms with Crippen molar-refractivity contribution in [2.75, 3.05) is 13.2 Å². The van der Waals surface area contributed by atoms with Crippen LogP contribution in [0.5, 0.6) is 11.5 Å². The maximum atomic E-state index is 6.37. The van der Waals surface area contributed by atoms with E-state index in [4.69, 9.17) is 9.47 Å². The number of aromatic amines is 1. The molecule has 0 radical (unpaired) electrons. The topological polar surface area (TPSA) is 59.2 Å². The monoisotopic (exact) mass is 413 g/mol. The summed E-state index contributed by atoms with van der Waals surface area (Å²) in [5, 5.41) is 6.14. The van der Waals surface area contributed by atoms with E-state index in [1.54, 1.807) is 0 Å². The van der Waals surface area contributed by atoms with Crippen LogP contribution in [0.25, 0.3) is 21.8 Å². The zero-order chi connectivity index (χ0) is 20.8. The molecule has 1 fully saturated rings. The lowest BCUT2D eigenvalue weighted by atomic mass is 9.97. The maximum absolute atomic E-state index is 6.37. The number of H-pyrrole nitrogens is 1. The smallest absolute Gasteiger partial charge is 0.171 e. The summed E-state index contributed by atoms with van der Waals surface area (Å²) in [7, 11) is 0. The van der Waals surface area contributed by atoms with Crippen LogP contribution >= 0.6 is 0 Å². The molecule has 0 saturated heterocycles. The Bertz CT molecular complexity index is 1250. The number of hydrogen-bond donors (Lipinski definition) is 2. The fraction of sp³-hybridized carbons (Fsp3) is 0.346. The summed E-state index contributed by atoms with van der Waals surface area (Å²) in [6, 6.07) is 17.2. The number of nitrogens with one attached hydrogen (secondary N) is 2. The van der Waals surface area contributed by atoms with Crippen LogP contribution in [0, 0.1) is 6.92 Å². The number of aromatic nitrogens is 2. The summed E-state index contributed by atoms with van der Waals surface area (Å²) in [5.74, 6) is 2.25. The summed E-state index contributed by atoms with van der Waals surface area (Å²) in [4.78, 5) is 8.05. The highest BCUT2D eigenvalue weighted by atomic mass is 16.6. The average Bonchev–Trinajstić information content (AvgIpc) is 3.44. The van der Waals surface area contributed by atoms with Crippen molar-refractivity contribution in [1.29, 1.82) is 0 Å². The number of rotatable bonds is 4. The van der Waals surface area contributed by atoms with Crippen LogP contribution in [0.3, 0.4) is 0 Å². The number of fused-ring (bicyclic) bond motifs is 4. The molecule has 1 aliphatic heterocycles. The fourth-order valence-electron chi connectivity index (χ4n) is 5.16. The van der Waals surface area contributed by atoms with Gasteiger partial charge in [0.15, 0.2) is 11.5 Å². The molecule has 6 rings (SSSR count). The highest BCUT2D eigenvalue weighted by Crippen LogP contribution is 2.39. The van der Waals surface area contributed by atoms with Gasteiger partial charge in [0.25, 0.3) is 0 Å². The van der Waals surface area contributed by atoms with E-state index in [2.05, 4.69) is 51.8 Å². The molecule has 2 aromatic heterocycles. The third-order valence-electron chi connectivity index (χ3n) is 6.76. The molecule has 0 bridgehead atoms. The van der Waals surface area contributed by atoms with Crippen molar-refractivity contribution in [1.82, 2.24) is 15.3 Å². The van der Waals surface area contributed by atoms with Crippen LogP contribution in [-0.2, 0) is 0 Å². The Labute approximate surface area is 181 Å². The Hall–Kier alpha value is -3.05. The molecule has 4 aromatic rings. The first-order valence-electron chi connectivity index (χ1n) is 11.2. The van der Waals surface area contributed by atoms with Crippen molar-refractivity contribution in [3.8, 4) is 11.5 Å². The van der Waals surface area contributed by atoms with Gasteiger partial charge in [-0.05, 0) is 68.0 Å². The molecule has 2 N–H and O–H groups in total. The van der Waals surface area contributed by atoms with E-state index in [0.717, 1.165) is 41.1 Å². The average molecular weight is 414 g/mol. The largest absolute Gasteiger partial charge is 0.486 e. The zero-order valence-electron chi connectivity index (χ0n) is 17.7. The van der Waals surface area contributed by atoms with E-state index in [0.29, 0.717) is 18.6 Å². The van der Waals surface area contributed by atoms with Crippen molar-refractivity contribution in [2.24, 2.45) is 0 Å². The van der Waals surface area contributed by atoms with Gasteiger partial charge in [0.1, 0.15) is 12.7 Å². The van der Waals surface area contributed by atoms with E-state index in [9.17, 15) is 0 Å². The molecule has 1 saturated carbocycles. The molecule has 2 aromatic carbocycles. The molecule has 1 aliphatic carbocycles. The van der Waals surface area contributed by atoms with E-state index in [1.807, 2.05) is 25.1 Å². The summed E-state index contributed by atoms with van der Waals surface area (Å²) in [5.41, 5.74) is 4.65. The van der Waals surface area contributed by atoms with E-state index < -0.39 is 0 Å². The summed E-state index contributed by atoms with van der Waals surface area (Å²) in [6.45, 7) is 3.37. The highest BCUT2D eigenvalue weighted by molar-refractivity contribution is 5.88. The normalized spacial score (nSPS) is 22.9. The summed E-state index contributed by atoms with van der Waals surface area (Å²) >= 11 is 0. The number of aryl methyl sites for hydroxylation is 1. The third-order valence-corrected chi connectivity index (χ3v) is 6.76. The van der Waals surface area contributed by atoms with E-state index in [1.165, 1.54) is 29.3 Å². The molecule has 0 amide bonds. The maximum Gasteiger partial charge on any atom is 0.171 e. The number of benzene rings is 2. The lowest BCUT2D eigenvalue weighted by Gasteiger charge is -2.28. The molecule has 0 spiro atoms. The Balaban J connectivity index is 1.11. The second kappa shape index (κ2) is 7.57. The van der Waals surface area contributed by atoms with Gasteiger partial charge < -0.3 is 19.8 Å².